The number of sulfone groups is 1. The van der Waals surface area contributed by atoms with Gasteiger partial charge in [-0.15, -0.1) is 0 Å². The van der Waals surface area contributed by atoms with Crippen LogP contribution in [-0.2, 0) is 9.84 Å². The van der Waals surface area contributed by atoms with E-state index in [1.165, 1.54) is 12.1 Å². The van der Waals surface area contributed by atoms with Gasteiger partial charge in [-0.05, 0) is 42.8 Å². The predicted octanol–water partition coefficient (Wildman–Crippen LogP) is 2.93. The Bertz CT molecular complexity index is 848. The molecule has 116 valence electrons. The molecule has 4 nitrogen and oxygen atoms in total. The van der Waals surface area contributed by atoms with Crippen LogP contribution in [-0.4, -0.2) is 20.6 Å². The molecule has 0 saturated carbocycles. The van der Waals surface area contributed by atoms with Crippen LogP contribution < -0.4 is 5.32 Å². The molecule has 2 aromatic carbocycles. The molecular formula is C15H13F2NO3S. The largest absolute Gasteiger partial charge is 0.319 e. The van der Waals surface area contributed by atoms with Gasteiger partial charge in [-0.1, -0.05) is 6.07 Å². The molecule has 0 aliphatic carbocycles. The molecule has 0 heterocycles. The van der Waals surface area contributed by atoms with Gasteiger partial charge in [-0.25, -0.2) is 17.2 Å². The lowest BCUT2D eigenvalue weighted by Gasteiger charge is -2.09. The minimum absolute atomic E-state index is 0.00672. The monoisotopic (exact) mass is 325 g/mol. The van der Waals surface area contributed by atoms with E-state index in [-0.39, 0.29) is 16.1 Å². The van der Waals surface area contributed by atoms with Crippen LogP contribution in [0.3, 0.4) is 0 Å². The van der Waals surface area contributed by atoms with E-state index in [1.807, 2.05) is 0 Å². The Morgan fingerprint density at radius 2 is 1.73 bits per heavy atom. The maximum Gasteiger partial charge on any atom is 0.255 e. The highest BCUT2D eigenvalue weighted by Gasteiger charge is 2.14. The van der Waals surface area contributed by atoms with Crippen molar-refractivity contribution in [2.24, 2.45) is 0 Å². The summed E-state index contributed by atoms with van der Waals surface area (Å²) in [6.07, 6.45) is 0.973. The van der Waals surface area contributed by atoms with Crippen LogP contribution in [0, 0.1) is 18.6 Å². The van der Waals surface area contributed by atoms with E-state index < -0.39 is 27.4 Å². The summed E-state index contributed by atoms with van der Waals surface area (Å²) in [5, 5.41) is 2.24. The average molecular weight is 325 g/mol. The lowest BCUT2D eigenvalue weighted by atomic mass is 10.1. The van der Waals surface area contributed by atoms with E-state index in [1.54, 1.807) is 6.92 Å². The van der Waals surface area contributed by atoms with Crippen molar-refractivity contribution in [3.8, 4) is 0 Å². The Kier molecular flexibility index (Phi) is 4.27. The molecule has 0 aliphatic heterocycles. The number of anilines is 1. The minimum atomic E-state index is -3.53. The number of rotatable bonds is 3. The highest BCUT2D eigenvalue weighted by molar-refractivity contribution is 7.90. The summed E-state index contributed by atoms with van der Waals surface area (Å²) in [7, 11) is -3.53. The van der Waals surface area contributed by atoms with E-state index in [2.05, 4.69) is 5.32 Å². The lowest BCUT2D eigenvalue weighted by Crippen LogP contribution is -2.14. The van der Waals surface area contributed by atoms with Crippen molar-refractivity contribution in [1.29, 1.82) is 0 Å². The van der Waals surface area contributed by atoms with Gasteiger partial charge in [0.05, 0.1) is 10.6 Å². The quantitative estimate of drug-likeness (QED) is 0.883. The number of carbonyl (C=O) groups is 1. The molecule has 22 heavy (non-hydrogen) atoms. The molecular weight excluding hydrogens is 312 g/mol. The van der Waals surface area contributed by atoms with Gasteiger partial charge >= 0.3 is 0 Å². The number of hydrogen-bond donors (Lipinski definition) is 1. The van der Waals surface area contributed by atoms with Gasteiger partial charge in [0.2, 0.25) is 0 Å². The first-order chi connectivity index (χ1) is 10.2. The van der Waals surface area contributed by atoms with E-state index in [9.17, 15) is 22.0 Å². The second-order valence-corrected chi connectivity index (χ2v) is 6.85. The second kappa shape index (κ2) is 5.84. The zero-order chi connectivity index (χ0) is 16.5. The molecule has 0 aromatic heterocycles. The number of halogens is 2. The maximum atomic E-state index is 13.7. The zero-order valence-electron chi connectivity index (χ0n) is 11.9. The standard InChI is InChI=1S/C15H13F2NO3S/c1-9-3-4-10(7-13(9)17)15(19)18-14-8-11(22(2,20)21)5-6-12(14)16/h3-8H,1-2H3,(H,18,19). The van der Waals surface area contributed by atoms with Crippen molar-refractivity contribution in [1.82, 2.24) is 0 Å². The summed E-state index contributed by atoms with van der Waals surface area (Å²) >= 11 is 0. The van der Waals surface area contributed by atoms with E-state index in [0.29, 0.717) is 5.56 Å². The first-order valence-electron chi connectivity index (χ1n) is 6.25. The fourth-order valence-electron chi connectivity index (χ4n) is 1.76. The third-order valence-electron chi connectivity index (χ3n) is 3.05. The predicted molar refractivity (Wildman–Crippen MR) is 78.6 cm³/mol. The van der Waals surface area contributed by atoms with Gasteiger partial charge in [-0.2, -0.15) is 0 Å². The number of hydrogen-bond acceptors (Lipinski definition) is 3. The second-order valence-electron chi connectivity index (χ2n) is 4.83. The SMILES string of the molecule is Cc1ccc(C(=O)Nc2cc(S(C)(=O)=O)ccc2F)cc1F. The molecule has 1 amide bonds. The fraction of sp³-hybridized carbons (Fsp3) is 0.133. The molecule has 0 radical (unpaired) electrons. The fourth-order valence-corrected chi connectivity index (χ4v) is 2.41. The molecule has 0 spiro atoms. The first-order valence-corrected chi connectivity index (χ1v) is 8.15. The molecule has 2 rings (SSSR count). The van der Waals surface area contributed by atoms with Crippen molar-refractivity contribution in [2.75, 3.05) is 11.6 Å². The molecule has 0 bridgehead atoms. The molecule has 0 atom stereocenters. The van der Waals surface area contributed by atoms with E-state index in [4.69, 9.17) is 0 Å². The zero-order valence-corrected chi connectivity index (χ0v) is 12.7. The molecule has 2 aromatic rings. The normalized spacial score (nSPS) is 11.3. The number of amides is 1. The van der Waals surface area contributed by atoms with Gasteiger partial charge < -0.3 is 5.32 Å². The topological polar surface area (TPSA) is 63.2 Å². The molecule has 7 heteroatoms. The van der Waals surface area contributed by atoms with E-state index >= 15 is 0 Å². The van der Waals surface area contributed by atoms with Crippen LogP contribution in [0.25, 0.3) is 0 Å². The van der Waals surface area contributed by atoms with Gasteiger partial charge in [0.15, 0.2) is 9.84 Å². The number of aryl methyl sites for hydroxylation is 1. The van der Waals surface area contributed by atoms with Crippen molar-refractivity contribution in [3.05, 3.63) is 59.2 Å². The maximum absolute atomic E-state index is 13.7. The summed E-state index contributed by atoms with van der Waals surface area (Å²) < 4.78 is 50.0. The molecule has 1 N–H and O–H groups in total. The smallest absolute Gasteiger partial charge is 0.255 e. The Morgan fingerprint density at radius 3 is 2.32 bits per heavy atom. The van der Waals surface area contributed by atoms with E-state index in [0.717, 1.165) is 30.5 Å². The number of carbonyl (C=O) groups excluding carboxylic acids is 1. The van der Waals surface area contributed by atoms with Crippen LogP contribution >= 0.6 is 0 Å². The summed E-state index contributed by atoms with van der Waals surface area (Å²) in [6, 6.07) is 6.92. The first kappa shape index (κ1) is 16.1. The highest BCUT2D eigenvalue weighted by Crippen LogP contribution is 2.20. The Balaban J connectivity index is 2.33. The van der Waals surface area contributed by atoms with Crippen molar-refractivity contribution in [2.45, 2.75) is 11.8 Å². The van der Waals surface area contributed by atoms with Crippen LogP contribution in [0.2, 0.25) is 0 Å². The third kappa shape index (κ3) is 3.48. The molecule has 0 aliphatic rings. The van der Waals surface area contributed by atoms with Crippen LogP contribution in [0.15, 0.2) is 41.3 Å². The summed E-state index contributed by atoms with van der Waals surface area (Å²) in [6.45, 7) is 1.55. The number of nitrogens with one attached hydrogen (secondary N) is 1. The molecule has 0 saturated heterocycles. The van der Waals surface area contributed by atoms with Crippen molar-refractivity contribution in [3.63, 3.8) is 0 Å². The van der Waals surface area contributed by atoms with Gasteiger partial charge in [0.25, 0.3) is 5.91 Å². The van der Waals surface area contributed by atoms with Crippen LogP contribution in [0.4, 0.5) is 14.5 Å². The lowest BCUT2D eigenvalue weighted by molar-refractivity contribution is 0.102. The summed E-state index contributed by atoms with van der Waals surface area (Å²) in [5.41, 5.74) is 0.1000. The summed E-state index contributed by atoms with van der Waals surface area (Å²) in [4.78, 5) is 11.9. The highest BCUT2D eigenvalue weighted by atomic mass is 32.2. The molecule has 0 fully saturated rings. The average Bonchev–Trinajstić information content (AvgIpc) is 2.43. The minimum Gasteiger partial charge on any atom is -0.319 e. The van der Waals surface area contributed by atoms with Gasteiger partial charge in [0.1, 0.15) is 11.6 Å². The van der Waals surface area contributed by atoms with Gasteiger partial charge in [0, 0.05) is 11.8 Å². The van der Waals surface area contributed by atoms with Crippen LogP contribution in [0.5, 0.6) is 0 Å². The van der Waals surface area contributed by atoms with Crippen molar-refractivity contribution < 1.29 is 22.0 Å². The Morgan fingerprint density at radius 1 is 1.05 bits per heavy atom. The molecule has 0 unspecified atom stereocenters. The summed E-state index contributed by atoms with van der Waals surface area (Å²) in [5.74, 6) is -2.07. The number of benzene rings is 2. The van der Waals surface area contributed by atoms with Gasteiger partial charge in [-0.3, -0.25) is 4.79 Å². The van der Waals surface area contributed by atoms with Crippen molar-refractivity contribution >= 4 is 21.4 Å². The third-order valence-corrected chi connectivity index (χ3v) is 4.16. The van der Waals surface area contributed by atoms with Crippen LogP contribution in [0.1, 0.15) is 15.9 Å². The Labute approximate surface area is 126 Å². The Hall–Kier alpha value is -2.28.